The molecule has 0 aliphatic heterocycles. The Morgan fingerprint density at radius 1 is 1.11 bits per heavy atom. The number of hydrogen-bond donors (Lipinski definition) is 0. The van der Waals surface area contributed by atoms with Crippen molar-refractivity contribution in [2.75, 3.05) is 0 Å². The van der Waals surface area contributed by atoms with E-state index in [1.54, 1.807) is 20.8 Å². The van der Waals surface area contributed by atoms with Gasteiger partial charge in [-0.25, -0.2) is 4.39 Å². The van der Waals surface area contributed by atoms with Crippen LogP contribution in [-0.2, 0) is 12.9 Å². The SMILES string of the molecule is CC(C)(C)C(=O)c1cc(CF)cc(C(F)(F)F)c1. The maximum Gasteiger partial charge on any atom is 0.416 e. The van der Waals surface area contributed by atoms with Crippen LogP contribution in [-0.4, -0.2) is 5.78 Å². The highest BCUT2D eigenvalue weighted by Crippen LogP contribution is 2.32. The number of ketones is 1. The molecule has 0 aromatic heterocycles. The minimum atomic E-state index is -4.59. The monoisotopic (exact) mass is 262 g/mol. The van der Waals surface area contributed by atoms with Gasteiger partial charge in [0.2, 0.25) is 0 Å². The lowest BCUT2D eigenvalue weighted by molar-refractivity contribution is -0.137. The van der Waals surface area contributed by atoms with Gasteiger partial charge in [-0.2, -0.15) is 13.2 Å². The van der Waals surface area contributed by atoms with Crippen LogP contribution in [0.4, 0.5) is 17.6 Å². The number of benzene rings is 1. The van der Waals surface area contributed by atoms with Crippen LogP contribution in [0.1, 0.15) is 42.3 Å². The van der Waals surface area contributed by atoms with Gasteiger partial charge in [-0.3, -0.25) is 4.79 Å². The van der Waals surface area contributed by atoms with E-state index in [1.807, 2.05) is 0 Å². The summed E-state index contributed by atoms with van der Waals surface area (Å²) in [5, 5.41) is 0. The van der Waals surface area contributed by atoms with Crippen molar-refractivity contribution in [2.45, 2.75) is 33.6 Å². The van der Waals surface area contributed by atoms with Crippen LogP contribution in [0.5, 0.6) is 0 Å². The summed E-state index contributed by atoms with van der Waals surface area (Å²) in [5.41, 5.74) is -2.05. The van der Waals surface area contributed by atoms with Gasteiger partial charge in [-0.15, -0.1) is 0 Å². The van der Waals surface area contributed by atoms with E-state index in [4.69, 9.17) is 0 Å². The van der Waals surface area contributed by atoms with Gasteiger partial charge in [0.1, 0.15) is 6.67 Å². The first kappa shape index (κ1) is 14.7. The molecular weight excluding hydrogens is 248 g/mol. The van der Waals surface area contributed by atoms with Crippen LogP contribution in [0, 0.1) is 5.41 Å². The largest absolute Gasteiger partial charge is 0.416 e. The summed E-state index contributed by atoms with van der Waals surface area (Å²) in [7, 11) is 0. The Balaban J connectivity index is 3.34. The molecular formula is C13H14F4O. The number of Topliss-reactive ketones (excluding diaryl/α,β-unsaturated/α-hetero) is 1. The van der Waals surface area contributed by atoms with Crippen LogP contribution in [0.2, 0.25) is 0 Å². The first-order chi connectivity index (χ1) is 8.05. The molecule has 100 valence electrons. The smallest absolute Gasteiger partial charge is 0.294 e. The molecule has 0 saturated carbocycles. The molecule has 0 N–H and O–H groups in total. The van der Waals surface area contributed by atoms with Gasteiger partial charge in [0.25, 0.3) is 0 Å². The number of rotatable bonds is 2. The molecule has 0 aliphatic carbocycles. The van der Waals surface area contributed by atoms with E-state index in [2.05, 4.69) is 0 Å². The second kappa shape index (κ2) is 4.71. The molecule has 1 nitrogen and oxygen atoms in total. The maximum absolute atomic E-state index is 12.6. The van der Waals surface area contributed by atoms with Crippen LogP contribution >= 0.6 is 0 Å². The molecule has 18 heavy (non-hydrogen) atoms. The van der Waals surface area contributed by atoms with E-state index in [-0.39, 0.29) is 11.1 Å². The first-order valence-corrected chi connectivity index (χ1v) is 5.37. The quantitative estimate of drug-likeness (QED) is 0.570. The van der Waals surface area contributed by atoms with E-state index < -0.39 is 29.6 Å². The fraction of sp³-hybridized carbons (Fsp3) is 0.462. The van der Waals surface area contributed by atoms with E-state index >= 15 is 0 Å². The van der Waals surface area contributed by atoms with Crippen molar-refractivity contribution in [1.82, 2.24) is 0 Å². The molecule has 0 amide bonds. The molecule has 1 rings (SSSR count). The van der Waals surface area contributed by atoms with Gasteiger partial charge in [-0.05, 0) is 23.8 Å². The second-order valence-corrected chi connectivity index (χ2v) is 5.13. The van der Waals surface area contributed by atoms with Crippen LogP contribution in [0.15, 0.2) is 18.2 Å². The van der Waals surface area contributed by atoms with Crippen LogP contribution < -0.4 is 0 Å². The number of hydrogen-bond acceptors (Lipinski definition) is 1. The lowest BCUT2D eigenvalue weighted by atomic mass is 9.85. The van der Waals surface area contributed by atoms with Crippen molar-refractivity contribution < 1.29 is 22.4 Å². The van der Waals surface area contributed by atoms with E-state index in [1.165, 1.54) is 6.07 Å². The summed E-state index contributed by atoms with van der Waals surface area (Å²) in [4.78, 5) is 11.9. The standard InChI is InChI=1S/C13H14F4O/c1-12(2,3)11(18)9-4-8(7-14)5-10(6-9)13(15,16)17/h4-6H,7H2,1-3H3. The summed E-state index contributed by atoms with van der Waals surface area (Å²) >= 11 is 0. The van der Waals surface area contributed by atoms with E-state index in [0.29, 0.717) is 0 Å². The predicted octanol–water partition coefficient (Wildman–Crippen LogP) is 4.40. The Morgan fingerprint density at radius 3 is 2.06 bits per heavy atom. The highest BCUT2D eigenvalue weighted by Gasteiger charge is 2.33. The third-order valence-corrected chi connectivity index (χ3v) is 2.42. The Bertz CT molecular complexity index is 455. The highest BCUT2D eigenvalue weighted by atomic mass is 19.4. The summed E-state index contributed by atoms with van der Waals surface area (Å²) < 4.78 is 50.4. The van der Waals surface area contributed by atoms with E-state index in [0.717, 1.165) is 12.1 Å². The third kappa shape index (κ3) is 3.31. The molecule has 0 spiro atoms. The molecule has 0 radical (unpaired) electrons. The Hall–Kier alpha value is -1.39. The zero-order valence-electron chi connectivity index (χ0n) is 10.4. The first-order valence-electron chi connectivity index (χ1n) is 5.37. The molecule has 0 fully saturated rings. The average Bonchev–Trinajstić information content (AvgIpc) is 2.25. The minimum absolute atomic E-state index is 0.107. The van der Waals surface area contributed by atoms with Gasteiger partial charge in [0, 0.05) is 11.0 Å². The lowest BCUT2D eigenvalue weighted by Crippen LogP contribution is -2.21. The number of alkyl halides is 4. The van der Waals surface area contributed by atoms with Gasteiger partial charge in [-0.1, -0.05) is 20.8 Å². The van der Waals surface area contributed by atoms with Crippen molar-refractivity contribution in [3.8, 4) is 0 Å². The fourth-order valence-electron chi connectivity index (χ4n) is 1.50. The molecule has 0 aliphatic rings. The van der Waals surface area contributed by atoms with Crippen LogP contribution in [0.3, 0.4) is 0 Å². The van der Waals surface area contributed by atoms with Crippen LogP contribution in [0.25, 0.3) is 0 Å². The topological polar surface area (TPSA) is 17.1 Å². The molecule has 1 aromatic rings. The summed E-state index contributed by atoms with van der Waals surface area (Å²) in [6.45, 7) is 3.77. The molecule has 0 saturated heterocycles. The summed E-state index contributed by atoms with van der Waals surface area (Å²) in [6.07, 6.45) is -4.59. The summed E-state index contributed by atoms with van der Waals surface area (Å²) in [5.74, 6) is -0.441. The predicted molar refractivity (Wildman–Crippen MR) is 60.0 cm³/mol. The lowest BCUT2D eigenvalue weighted by Gasteiger charge is -2.18. The third-order valence-electron chi connectivity index (χ3n) is 2.42. The molecule has 0 bridgehead atoms. The molecule has 0 heterocycles. The van der Waals surface area contributed by atoms with E-state index in [9.17, 15) is 22.4 Å². The summed E-state index contributed by atoms with van der Waals surface area (Å²) in [6, 6.07) is 2.66. The number of carbonyl (C=O) groups excluding carboxylic acids is 1. The van der Waals surface area contributed by atoms with Gasteiger partial charge in [0.15, 0.2) is 5.78 Å². The zero-order valence-corrected chi connectivity index (χ0v) is 10.4. The molecule has 1 aromatic carbocycles. The molecule has 0 unspecified atom stereocenters. The van der Waals surface area contributed by atoms with Crippen molar-refractivity contribution in [3.05, 3.63) is 34.9 Å². The minimum Gasteiger partial charge on any atom is -0.294 e. The van der Waals surface area contributed by atoms with Gasteiger partial charge < -0.3 is 0 Å². The second-order valence-electron chi connectivity index (χ2n) is 5.13. The highest BCUT2D eigenvalue weighted by molar-refractivity contribution is 6.00. The number of carbonyl (C=O) groups is 1. The normalized spacial score (nSPS) is 12.6. The van der Waals surface area contributed by atoms with Crippen molar-refractivity contribution >= 4 is 5.78 Å². The zero-order chi connectivity index (χ0) is 14.1. The van der Waals surface area contributed by atoms with Gasteiger partial charge >= 0.3 is 6.18 Å². The Labute approximate surface area is 103 Å². The van der Waals surface area contributed by atoms with Crippen molar-refractivity contribution in [3.63, 3.8) is 0 Å². The molecule has 5 heteroatoms. The average molecular weight is 262 g/mol. The van der Waals surface area contributed by atoms with Gasteiger partial charge in [0.05, 0.1) is 5.56 Å². The maximum atomic E-state index is 12.6. The fourth-order valence-corrected chi connectivity index (χ4v) is 1.50. The van der Waals surface area contributed by atoms with Crippen molar-refractivity contribution in [2.24, 2.45) is 5.41 Å². The Kier molecular flexibility index (Phi) is 3.84. The van der Waals surface area contributed by atoms with Crippen molar-refractivity contribution in [1.29, 1.82) is 0 Å². The molecule has 0 atom stereocenters. The Morgan fingerprint density at radius 2 is 1.67 bits per heavy atom. The number of halogens is 4.